The summed E-state index contributed by atoms with van der Waals surface area (Å²) in [4.78, 5) is 11.9. The van der Waals surface area contributed by atoms with Gasteiger partial charge in [0.25, 0.3) is 0 Å². The van der Waals surface area contributed by atoms with Gasteiger partial charge in [-0.05, 0) is 40.5 Å². The second-order valence-corrected chi connectivity index (χ2v) is 5.95. The first-order valence-electron chi connectivity index (χ1n) is 7.20. The number of amides is 1. The van der Waals surface area contributed by atoms with Gasteiger partial charge in [-0.1, -0.05) is 12.2 Å². The third kappa shape index (κ3) is 7.87. The Kier molecular flexibility index (Phi) is 8.29. The van der Waals surface area contributed by atoms with Gasteiger partial charge in [0.1, 0.15) is 5.60 Å². The van der Waals surface area contributed by atoms with Gasteiger partial charge in [0, 0.05) is 6.61 Å². The molecule has 0 radical (unpaired) electrons. The molecular weight excluding hydrogens is 270 g/mol. The molecule has 21 heavy (non-hydrogen) atoms. The van der Waals surface area contributed by atoms with E-state index in [1.54, 1.807) is 32.9 Å². The van der Waals surface area contributed by atoms with Crippen molar-refractivity contribution in [2.75, 3.05) is 13.2 Å². The minimum Gasteiger partial charge on any atom is -0.444 e. The number of aliphatic hydroxyl groups is 1. The van der Waals surface area contributed by atoms with E-state index in [0.29, 0.717) is 19.4 Å². The standard InChI is InChI=1S/C16H29NO4/c1-7-10-16(19,11-8-2)13(12-20-9-3)17-14(18)21-15(4,5)6/h7-8,13,19H,1-2,9-12H2,3-6H3,(H,17,18)/t13-/m1/s1. The number of hydrogen-bond donors (Lipinski definition) is 2. The van der Waals surface area contributed by atoms with Crippen molar-refractivity contribution in [2.24, 2.45) is 0 Å². The van der Waals surface area contributed by atoms with Crippen LogP contribution in [0.1, 0.15) is 40.5 Å². The molecule has 1 atom stereocenters. The molecule has 0 rings (SSSR count). The van der Waals surface area contributed by atoms with E-state index >= 15 is 0 Å². The van der Waals surface area contributed by atoms with E-state index in [2.05, 4.69) is 18.5 Å². The lowest BCUT2D eigenvalue weighted by Crippen LogP contribution is -2.55. The van der Waals surface area contributed by atoms with E-state index in [1.165, 1.54) is 0 Å². The van der Waals surface area contributed by atoms with Crippen molar-refractivity contribution in [2.45, 2.75) is 57.8 Å². The normalized spacial score (nSPS) is 13.4. The molecule has 0 aliphatic heterocycles. The smallest absolute Gasteiger partial charge is 0.408 e. The van der Waals surface area contributed by atoms with Crippen molar-refractivity contribution >= 4 is 6.09 Å². The Balaban J connectivity index is 5.01. The molecule has 0 heterocycles. The van der Waals surface area contributed by atoms with E-state index in [0.717, 1.165) is 0 Å². The Hall–Kier alpha value is -1.33. The van der Waals surface area contributed by atoms with Gasteiger partial charge in [0.15, 0.2) is 0 Å². The number of nitrogens with one attached hydrogen (secondary N) is 1. The summed E-state index contributed by atoms with van der Waals surface area (Å²) in [7, 11) is 0. The highest BCUT2D eigenvalue weighted by Crippen LogP contribution is 2.22. The number of carbonyl (C=O) groups excluding carboxylic acids is 1. The molecule has 0 aliphatic carbocycles. The molecule has 0 spiro atoms. The average Bonchev–Trinajstić information content (AvgIpc) is 2.32. The lowest BCUT2D eigenvalue weighted by Gasteiger charge is -2.35. The van der Waals surface area contributed by atoms with E-state index in [-0.39, 0.29) is 6.61 Å². The number of ether oxygens (including phenoxy) is 2. The molecule has 0 fully saturated rings. The zero-order chi connectivity index (χ0) is 16.5. The molecule has 5 nitrogen and oxygen atoms in total. The molecule has 0 unspecified atom stereocenters. The number of rotatable bonds is 9. The SMILES string of the molecule is C=CCC(O)(CC=C)[C@@H](COCC)NC(=O)OC(C)(C)C. The lowest BCUT2D eigenvalue weighted by atomic mass is 9.87. The van der Waals surface area contributed by atoms with Gasteiger partial charge in [-0.15, -0.1) is 13.2 Å². The summed E-state index contributed by atoms with van der Waals surface area (Å²) in [6.45, 7) is 15.2. The van der Waals surface area contributed by atoms with Gasteiger partial charge < -0.3 is 19.9 Å². The summed E-state index contributed by atoms with van der Waals surface area (Å²) in [6, 6.07) is -0.608. The molecule has 0 aromatic carbocycles. The molecule has 0 aromatic heterocycles. The predicted octanol–water partition coefficient (Wildman–Crippen LogP) is 2.80. The minimum absolute atomic E-state index is 0.188. The third-order valence-corrected chi connectivity index (χ3v) is 2.82. The van der Waals surface area contributed by atoms with Crippen LogP contribution in [0.15, 0.2) is 25.3 Å². The Labute approximate surface area is 128 Å². The van der Waals surface area contributed by atoms with Gasteiger partial charge in [0.2, 0.25) is 0 Å². The van der Waals surface area contributed by atoms with Gasteiger partial charge in [-0.25, -0.2) is 4.79 Å². The number of carbonyl (C=O) groups is 1. The maximum absolute atomic E-state index is 11.9. The van der Waals surface area contributed by atoms with Crippen molar-refractivity contribution in [3.63, 3.8) is 0 Å². The third-order valence-electron chi connectivity index (χ3n) is 2.82. The van der Waals surface area contributed by atoms with Crippen LogP contribution in [-0.2, 0) is 9.47 Å². The second-order valence-electron chi connectivity index (χ2n) is 5.95. The summed E-state index contributed by atoms with van der Waals surface area (Å²) >= 11 is 0. The zero-order valence-electron chi connectivity index (χ0n) is 13.6. The van der Waals surface area contributed by atoms with Crippen LogP contribution in [0.2, 0.25) is 0 Å². The molecule has 122 valence electrons. The Morgan fingerprint density at radius 2 is 1.81 bits per heavy atom. The molecule has 2 N–H and O–H groups in total. The average molecular weight is 299 g/mol. The first-order valence-corrected chi connectivity index (χ1v) is 7.20. The first kappa shape index (κ1) is 19.7. The monoisotopic (exact) mass is 299 g/mol. The zero-order valence-corrected chi connectivity index (χ0v) is 13.6. The van der Waals surface area contributed by atoms with Gasteiger partial charge in [-0.3, -0.25) is 0 Å². The number of alkyl carbamates (subject to hydrolysis) is 1. The topological polar surface area (TPSA) is 67.8 Å². The summed E-state index contributed by atoms with van der Waals surface area (Å²) < 4.78 is 10.6. The maximum Gasteiger partial charge on any atom is 0.408 e. The van der Waals surface area contributed by atoms with Crippen LogP contribution in [0.4, 0.5) is 4.79 Å². The fourth-order valence-electron chi connectivity index (χ4n) is 1.88. The second kappa shape index (κ2) is 8.85. The maximum atomic E-state index is 11.9. The van der Waals surface area contributed by atoms with Crippen LogP contribution in [0.5, 0.6) is 0 Å². The quantitative estimate of drug-likeness (QED) is 0.642. The van der Waals surface area contributed by atoms with E-state index in [4.69, 9.17) is 9.47 Å². The summed E-state index contributed by atoms with van der Waals surface area (Å²) in [5.41, 5.74) is -1.80. The van der Waals surface area contributed by atoms with Crippen LogP contribution >= 0.6 is 0 Å². The summed E-state index contributed by atoms with van der Waals surface area (Å²) in [5.74, 6) is 0. The fourth-order valence-corrected chi connectivity index (χ4v) is 1.88. The van der Waals surface area contributed by atoms with Crippen LogP contribution in [0.3, 0.4) is 0 Å². The van der Waals surface area contributed by atoms with Crippen LogP contribution in [-0.4, -0.2) is 41.7 Å². The predicted molar refractivity (Wildman–Crippen MR) is 84.2 cm³/mol. The molecule has 0 saturated carbocycles. The Morgan fingerprint density at radius 1 is 1.29 bits per heavy atom. The molecular formula is C16H29NO4. The van der Waals surface area contributed by atoms with Crippen LogP contribution < -0.4 is 5.32 Å². The molecule has 0 aromatic rings. The number of hydrogen-bond acceptors (Lipinski definition) is 4. The minimum atomic E-state index is -1.20. The highest BCUT2D eigenvalue weighted by atomic mass is 16.6. The Morgan fingerprint density at radius 3 is 2.19 bits per heavy atom. The van der Waals surface area contributed by atoms with E-state index < -0.39 is 23.3 Å². The van der Waals surface area contributed by atoms with Crippen LogP contribution in [0.25, 0.3) is 0 Å². The Bertz CT molecular complexity index is 337. The van der Waals surface area contributed by atoms with Crippen molar-refractivity contribution < 1.29 is 19.4 Å². The molecule has 5 heteroatoms. The van der Waals surface area contributed by atoms with Crippen molar-refractivity contribution in [1.29, 1.82) is 0 Å². The van der Waals surface area contributed by atoms with Gasteiger partial charge >= 0.3 is 6.09 Å². The molecule has 0 bridgehead atoms. The summed E-state index contributed by atoms with van der Waals surface area (Å²) in [5, 5.41) is 13.4. The molecule has 0 saturated heterocycles. The molecule has 1 amide bonds. The lowest BCUT2D eigenvalue weighted by molar-refractivity contribution is -0.0318. The van der Waals surface area contributed by atoms with Gasteiger partial charge in [0.05, 0.1) is 18.2 Å². The van der Waals surface area contributed by atoms with Crippen molar-refractivity contribution in [3.05, 3.63) is 25.3 Å². The highest BCUT2D eigenvalue weighted by Gasteiger charge is 2.36. The fraction of sp³-hybridized carbons (Fsp3) is 0.688. The first-order chi connectivity index (χ1) is 9.68. The largest absolute Gasteiger partial charge is 0.444 e. The van der Waals surface area contributed by atoms with Crippen LogP contribution in [0, 0.1) is 0 Å². The molecule has 0 aliphatic rings. The summed E-state index contributed by atoms with van der Waals surface area (Å²) in [6.07, 6.45) is 3.26. The highest BCUT2D eigenvalue weighted by molar-refractivity contribution is 5.68. The van der Waals surface area contributed by atoms with Gasteiger partial charge in [-0.2, -0.15) is 0 Å². The van der Waals surface area contributed by atoms with E-state index in [1.807, 2.05) is 6.92 Å². The van der Waals surface area contributed by atoms with Crippen molar-refractivity contribution in [1.82, 2.24) is 5.32 Å². The van der Waals surface area contributed by atoms with Crippen molar-refractivity contribution in [3.8, 4) is 0 Å². The van der Waals surface area contributed by atoms with E-state index in [9.17, 15) is 9.90 Å².